The average molecular weight is 434 g/mol. The van der Waals surface area contributed by atoms with Gasteiger partial charge in [0.2, 0.25) is 0 Å². The molecule has 32 heavy (non-hydrogen) atoms. The summed E-state index contributed by atoms with van der Waals surface area (Å²) < 4.78 is 15.6. The molecule has 0 fully saturated rings. The zero-order chi connectivity index (χ0) is 22.9. The van der Waals surface area contributed by atoms with Gasteiger partial charge in [-0.1, -0.05) is 12.1 Å². The molecule has 1 unspecified atom stereocenters. The van der Waals surface area contributed by atoms with Crippen molar-refractivity contribution >= 4 is 34.6 Å². The Balaban J connectivity index is 1.75. The number of carbonyl (C=O) groups is 2. The molecule has 1 aliphatic heterocycles. The molecule has 2 heterocycles. The van der Waals surface area contributed by atoms with Crippen LogP contribution in [0.25, 0.3) is 17.0 Å². The molecule has 2 N–H and O–H groups in total. The van der Waals surface area contributed by atoms with Gasteiger partial charge in [-0.05, 0) is 55.8 Å². The number of amides is 1. The lowest BCUT2D eigenvalue weighted by Gasteiger charge is -2.37. The summed E-state index contributed by atoms with van der Waals surface area (Å²) in [4.78, 5) is 37.5. The van der Waals surface area contributed by atoms with Crippen molar-refractivity contribution < 1.29 is 23.5 Å². The van der Waals surface area contributed by atoms with Crippen LogP contribution in [0.2, 0.25) is 0 Å². The average Bonchev–Trinajstić information content (AvgIpc) is 2.76. The third-order valence-electron chi connectivity index (χ3n) is 5.24. The lowest BCUT2D eigenvalue weighted by atomic mass is 9.94. The minimum atomic E-state index is -1.22. The number of methoxy groups -OCH3 is 1. The van der Waals surface area contributed by atoms with Crippen LogP contribution < -0.4 is 21.0 Å². The zero-order valence-corrected chi connectivity index (χ0v) is 17.9. The number of ether oxygens (including phenoxy) is 2. The van der Waals surface area contributed by atoms with E-state index in [1.165, 1.54) is 12.2 Å². The lowest BCUT2D eigenvalue weighted by molar-refractivity contribution is -0.137. The van der Waals surface area contributed by atoms with Crippen LogP contribution in [-0.4, -0.2) is 25.6 Å². The van der Waals surface area contributed by atoms with Crippen molar-refractivity contribution in [1.29, 1.82) is 0 Å². The Hall–Kier alpha value is -4.07. The summed E-state index contributed by atoms with van der Waals surface area (Å²) in [6, 6.07) is 12.0. The van der Waals surface area contributed by atoms with Gasteiger partial charge in [-0.15, -0.1) is 0 Å². The van der Waals surface area contributed by atoms with E-state index in [0.717, 1.165) is 0 Å². The van der Waals surface area contributed by atoms with E-state index in [4.69, 9.17) is 13.9 Å². The van der Waals surface area contributed by atoms with Gasteiger partial charge in [0.05, 0.1) is 24.8 Å². The highest BCUT2D eigenvalue weighted by Gasteiger charge is 2.38. The molecule has 1 aliphatic rings. The highest BCUT2D eigenvalue weighted by molar-refractivity contribution is 6.06. The molecule has 0 bridgehead atoms. The summed E-state index contributed by atoms with van der Waals surface area (Å²) in [6.07, 6.45) is 2.79. The van der Waals surface area contributed by atoms with Gasteiger partial charge in [0.15, 0.2) is 0 Å². The summed E-state index contributed by atoms with van der Waals surface area (Å²) in [5.41, 5.74) is 0.287. The van der Waals surface area contributed by atoms with E-state index in [0.29, 0.717) is 33.5 Å². The van der Waals surface area contributed by atoms with E-state index in [1.54, 1.807) is 63.4 Å². The van der Waals surface area contributed by atoms with Gasteiger partial charge in [0, 0.05) is 17.1 Å². The third kappa shape index (κ3) is 3.82. The van der Waals surface area contributed by atoms with E-state index >= 15 is 0 Å². The Labute approximate surface area is 183 Å². The lowest BCUT2D eigenvalue weighted by Crippen LogP contribution is -2.55. The molecule has 0 radical (unpaired) electrons. The number of hydrogen-bond donors (Lipinski definition) is 2. The second kappa shape index (κ2) is 8.22. The van der Waals surface area contributed by atoms with Gasteiger partial charge in [-0.2, -0.15) is 0 Å². The first-order chi connectivity index (χ1) is 15.3. The van der Waals surface area contributed by atoms with Crippen LogP contribution in [0.1, 0.15) is 35.3 Å². The van der Waals surface area contributed by atoms with Gasteiger partial charge < -0.3 is 24.5 Å². The van der Waals surface area contributed by atoms with Crippen LogP contribution in [0.15, 0.2) is 57.8 Å². The van der Waals surface area contributed by atoms with E-state index in [9.17, 15) is 14.4 Å². The Morgan fingerprint density at radius 2 is 1.97 bits per heavy atom. The molecule has 2 aromatic carbocycles. The van der Waals surface area contributed by atoms with E-state index in [-0.39, 0.29) is 12.2 Å². The van der Waals surface area contributed by atoms with Crippen LogP contribution in [0.5, 0.6) is 5.75 Å². The molecule has 3 aromatic rings. The molecular formula is C24H22N2O6. The Bertz CT molecular complexity index is 1310. The van der Waals surface area contributed by atoms with Gasteiger partial charge >= 0.3 is 11.6 Å². The molecule has 0 saturated carbocycles. The minimum Gasteiger partial charge on any atom is -0.497 e. The highest BCUT2D eigenvalue weighted by Crippen LogP contribution is 2.33. The van der Waals surface area contributed by atoms with Crippen molar-refractivity contribution in [2.45, 2.75) is 19.5 Å². The van der Waals surface area contributed by atoms with E-state index < -0.39 is 23.2 Å². The van der Waals surface area contributed by atoms with Crippen LogP contribution in [-0.2, 0) is 15.2 Å². The SMILES string of the molecule is CCOC(=O)/C=C/c1cccc2c1C(=O)NC(C)(c1cc3cc(OC)ccc3oc1=O)N2. The van der Waals surface area contributed by atoms with Gasteiger partial charge in [0.25, 0.3) is 5.91 Å². The van der Waals surface area contributed by atoms with Gasteiger partial charge in [-0.3, -0.25) is 4.79 Å². The first kappa shape index (κ1) is 21.2. The second-order valence-electron chi connectivity index (χ2n) is 7.41. The number of rotatable bonds is 5. The molecule has 0 aliphatic carbocycles. The maximum atomic E-state index is 13.1. The first-order valence-corrected chi connectivity index (χ1v) is 10.1. The minimum absolute atomic E-state index is 0.240. The largest absolute Gasteiger partial charge is 0.497 e. The fraction of sp³-hybridized carbons (Fsp3) is 0.208. The number of hydrogen-bond acceptors (Lipinski definition) is 7. The Morgan fingerprint density at radius 3 is 2.72 bits per heavy atom. The maximum absolute atomic E-state index is 13.1. The summed E-state index contributed by atoms with van der Waals surface area (Å²) in [5, 5.41) is 6.76. The summed E-state index contributed by atoms with van der Waals surface area (Å²) in [6.45, 7) is 3.66. The molecule has 4 rings (SSSR count). The van der Waals surface area contributed by atoms with Gasteiger partial charge in [-0.25, -0.2) is 9.59 Å². The number of esters is 1. The quantitative estimate of drug-likeness (QED) is 0.360. The van der Waals surface area contributed by atoms with E-state index in [1.807, 2.05) is 0 Å². The van der Waals surface area contributed by atoms with Crippen molar-refractivity contribution in [3.63, 3.8) is 0 Å². The first-order valence-electron chi connectivity index (χ1n) is 10.1. The Kier molecular flexibility index (Phi) is 5.44. The second-order valence-corrected chi connectivity index (χ2v) is 7.41. The summed E-state index contributed by atoms with van der Waals surface area (Å²) in [5.74, 6) is -0.273. The van der Waals surface area contributed by atoms with Crippen molar-refractivity contribution in [2.24, 2.45) is 0 Å². The highest BCUT2D eigenvalue weighted by atomic mass is 16.5. The summed E-state index contributed by atoms with van der Waals surface area (Å²) >= 11 is 0. The van der Waals surface area contributed by atoms with Crippen molar-refractivity contribution in [1.82, 2.24) is 5.32 Å². The van der Waals surface area contributed by atoms with Crippen LogP contribution in [0.3, 0.4) is 0 Å². The number of nitrogens with one attached hydrogen (secondary N) is 2. The number of carbonyl (C=O) groups excluding carboxylic acids is 2. The van der Waals surface area contributed by atoms with Crippen molar-refractivity contribution in [2.75, 3.05) is 19.0 Å². The smallest absolute Gasteiger partial charge is 0.343 e. The predicted molar refractivity (Wildman–Crippen MR) is 120 cm³/mol. The molecule has 8 nitrogen and oxygen atoms in total. The number of fused-ring (bicyclic) bond motifs is 2. The standard InChI is InChI=1S/C24H22N2O6/c1-4-31-20(27)11-8-14-6-5-7-18-21(14)22(28)26-24(2,25-18)17-13-15-12-16(30-3)9-10-19(15)32-23(17)29/h5-13,25H,4H2,1-3H3,(H,26,28)/b11-8+. The number of benzene rings is 2. The monoisotopic (exact) mass is 434 g/mol. The topological polar surface area (TPSA) is 107 Å². The molecule has 0 saturated heterocycles. The molecular weight excluding hydrogens is 412 g/mol. The number of anilines is 1. The molecule has 1 atom stereocenters. The van der Waals surface area contributed by atoms with Crippen LogP contribution >= 0.6 is 0 Å². The third-order valence-corrected chi connectivity index (χ3v) is 5.24. The van der Waals surface area contributed by atoms with Crippen molar-refractivity contribution in [3.05, 3.63) is 75.7 Å². The van der Waals surface area contributed by atoms with Gasteiger partial charge in [0.1, 0.15) is 17.0 Å². The van der Waals surface area contributed by atoms with Crippen molar-refractivity contribution in [3.8, 4) is 5.75 Å². The zero-order valence-electron chi connectivity index (χ0n) is 17.9. The predicted octanol–water partition coefficient (Wildman–Crippen LogP) is 3.41. The van der Waals surface area contributed by atoms with Crippen LogP contribution in [0.4, 0.5) is 5.69 Å². The van der Waals surface area contributed by atoms with Crippen LogP contribution in [0, 0.1) is 0 Å². The molecule has 0 spiro atoms. The fourth-order valence-electron chi connectivity index (χ4n) is 3.72. The normalized spacial score (nSPS) is 17.5. The molecule has 164 valence electrons. The fourth-order valence-corrected chi connectivity index (χ4v) is 3.72. The maximum Gasteiger partial charge on any atom is 0.343 e. The van der Waals surface area contributed by atoms with E-state index in [2.05, 4.69) is 10.6 Å². The summed E-state index contributed by atoms with van der Waals surface area (Å²) in [7, 11) is 1.55. The molecule has 1 aromatic heterocycles. The molecule has 1 amide bonds. The molecule has 8 heteroatoms. The Morgan fingerprint density at radius 1 is 1.16 bits per heavy atom.